The van der Waals surface area contributed by atoms with Crippen LogP contribution in [0.1, 0.15) is 25.8 Å². The molecule has 0 radical (unpaired) electrons. The van der Waals surface area contributed by atoms with Crippen molar-refractivity contribution in [2.45, 2.75) is 27.2 Å². The maximum atomic E-state index is 9.98. The summed E-state index contributed by atoms with van der Waals surface area (Å²) in [6.07, 6.45) is 7.31. The summed E-state index contributed by atoms with van der Waals surface area (Å²) in [5, 5.41) is 14.1. The molecule has 0 aromatic heterocycles. The second-order valence-electron chi connectivity index (χ2n) is 6.42. The zero-order valence-electron chi connectivity index (χ0n) is 17.8. The number of para-hydroxylation sites is 1. The summed E-state index contributed by atoms with van der Waals surface area (Å²) >= 11 is 0. The lowest BCUT2D eigenvalue weighted by Crippen LogP contribution is -2.07. The molecule has 0 aliphatic heterocycles. The topological polar surface area (TPSA) is 101 Å². The highest BCUT2D eigenvalue weighted by molar-refractivity contribution is 5.96. The normalized spacial score (nSPS) is 10.6. The third-order valence-electron chi connectivity index (χ3n) is 4.05. The molecule has 158 valence electrons. The lowest BCUT2D eigenvalue weighted by molar-refractivity contribution is -0.108. The number of anilines is 2. The van der Waals surface area contributed by atoms with Crippen molar-refractivity contribution in [3.05, 3.63) is 90.2 Å². The summed E-state index contributed by atoms with van der Waals surface area (Å²) in [5.41, 5.74) is 14.1. The number of rotatable bonds is 4. The quantitative estimate of drug-likeness (QED) is 0.204. The van der Waals surface area contributed by atoms with Crippen LogP contribution in [-0.4, -0.2) is 11.5 Å². The van der Waals surface area contributed by atoms with Crippen molar-refractivity contribution >= 4 is 28.6 Å². The van der Waals surface area contributed by atoms with E-state index in [4.69, 9.17) is 11.5 Å². The molecule has 0 fully saturated rings. The lowest BCUT2D eigenvalue weighted by atomic mass is 10.0. The fraction of sp³-hybridized carbons (Fsp3) is 0.160. The molecule has 30 heavy (non-hydrogen) atoms. The van der Waals surface area contributed by atoms with Crippen LogP contribution in [0.25, 0.3) is 10.8 Å². The van der Waals surface area contributed by atoms with Crippen molar-refractivity contribution in [1.29, 1.82) is 0 Å². The predicted octanol–water partition coefficient (Wildman–Crippen LogP) is 5.31. The zero-order chi connectivity index (χ0) is 22.4. The van der Waals surface area contributed by atoms with E-state index < -0.39 is 0 Å². The summed E-state index contributed by atoms with van der Waals surface area (Å²) in [5.74, 6) is 0.193. The Balaban J connectivity index is 0.000000237. The van der Waals surface area contributed by atoms with Gasteiger partial charge >= 0.3 is 0 Å². The number of nitrogens with one attached hydrogen (secondary N) is 1. The van der Waals surface area contributed by atoms with Gasteiger partial charge in [-0.1, -0.05) is 61.5 Å². The molecule has 0 heterocycles. The number of carbonyl (C=O) groups excluding carboxylic acids is 1. The Hall–Kier alpha value is -3.73. The first-order valence-electron chi connectivity index (χ1n) is 9.74. The highest BCUT2D eigenvalue weighted by atomic mass is 16.3. The Morgan fingerprint density at radius 1 is 1.07 bits per heavy atom. The van der Waals surface area contributed by atoms with Gasteiger partial charge in [-0.2, -0.15) is 0 Å². The number of hydrogen-bond acceptors (Lipinski definition) is 4. The van der Waals surface area contributed by atoms with Crippen LogP contribution in [-0.2, 0) is 4.79 Å². The van der Waals surface area contributed by atoms with Crippen LogP contribution >= 0.6 is 0 Å². The van der Waals surface area contributed by atoms with Gasteiger partial charge in [-0.15, -0.1) is 0 Å². The number of nitrogens with two attached hydrogens (primary N) is 2. The van der Waals surface area contributed by atoms with E-state index in [9.17, 15) is 9.90 Å². The zero-order valence-corrected chi connectivity index (χ0v) is 17.8. The molecule has 3 aromatic rings. The van der Waals surface area contributed by atoms with Crippen molar-refractivity contribution in [2.75, 3.05) is 11.5 Å². The Morgan fingerprint density at radius 3 is 2.23 bits per heavy atom. The van der Waals surface area contributed by atoms with E-state index in [0.717, 1.165) is 34.1 Å². The smallest absolute Gasteiger partial charge is 0.211 e. The largest absolute Gasteiger partial charge is 0.505 e. The van der Waals surface area contributed by atoms with Crippen LogP contribution in [0.5, 0.6) is 5.75 Å². The van der Waals surface area contributed by atoms with Crippen LogP contribution in [0.2, 0.25) is 0 Å². The number of nitrogen functional groups attached to an aromatic ring is 2. The minimum atomic E-state index is 0.193. The maximum absolute atomic E-state index is 9.98. The summed E-state index contributed by atoms with van der Waals surface area (Å²) in [7, 11) is 0. The molecule has 0 unspecified atom stereocenters. The van der Waals surface area contributed by atoms with Crippen LogP contribution in [0.15, 0.2) is 84.6 Å². The van der Waals surface area contributed by atoms with Gasteiger partial charge in [0.25, 0.3) is 0 Å². The van der Waals surface area contributed by atoms with Crippen molar-refractivity contribution in [2.24, 2.45) is 0 Å². The molecule has 0 spiro atoms. The molecule has 1 amide bonds. The lowest BCUT2D eigenvalue weighted by Gasteiger charge is -2.06. The summed E-state index contributed by atoms with van der Waals surface area (Å²) in [4.78, 5) is 9.98. The average Bonchev–Trinajstić information content (AvgIpc) is 2.74. The average molecular weight is 406 g/mol. The van der Waals surface area contributed by atoms with Crippen LogP contribution in [0.4, 0.5) is 11.4 Å². The molecule has 0 aliphatic rings. The van der Waals surface area contributed by atoms with E-state index >= 15 is 0 Å². The van der Waals surface area contributed by atoms with Crippen LogP contribution in [0.3, 0.4) is 0 Å². The van der Waals surface area contributed by atoms with E-state index in [1.54, 1.807) is 0 Å². The van der Waals surface area contributed by atoms with Crippen molar-refractivity contribution < 1.29 is 9.90 Å². The van der Waals surface area contributed by atoms with Crippen molar-refractivity contribution in [1.82, 2.24) is 5.32 Å². The molecule has 0 bridgehead atoms. The van der Waals surface area contributed by atoms with Gasteiger partial charge < -0.3 is 21.9 Å². The summed E-state index contributed by atoms with van der Waals surface area (Å²) in [6.45, 7) is 5.78. The number of hydrogen-bond donors (Lipinski definition) is 4. The molecule has 0 saturated heterocycles. The predicted molar refractivity (Wildman–Crippen MR) is 128 cm³/mol. The second kappa shape index (κ2) is 13.4. The Morgan fingerprint density at radius 2 is 1.70 bits per heavy atom. The van der Waals surface area contributed by atoms with Gasteiger partial charge in [-0.25, -0.2) is 0 Å². The number of benzene rings is 3. The van der Waals surface area contributed by atoms with Gasteiger partial charge in [-0.3, -0.25) is 4.79 Å². The van der Waals surface area contributed by atoms with Gasteiger partial charge in [0.1, 0.15) is 5.75 Å². The third kappa shape index (κ3) is 8.10. The van der Waals surface area contributed by atoms with Gasteiger partial charge in [0.2, 0.25) is 6.41 Å². The molecular formula is C25H31N3O2. The molecule has 3 rings (SSSR count). The molecule has 6 N–H and O–H groups in total. The van der Waals surface area contributed by atoms with Gasteiger partial charge in [-0.05, 0) is 55.5 Å². The number of aryl methyl sites for hydroxylation is 1. The van der Waals surface area contributed by atoms with E-state index in [1.807, 2.05) is 99.7 Å². The molecule has 0 saturated carbocycles. The molecule has 5 heteroatoms. The number of phenolic OH excluding ortho intramolecular Hbond substituents is 1. The summed E-state index contributed by atoms with van der Waals surface area (Å²) < 4.78 is 0. The van der Waals surface area contributed by atoms with Crippen LogP contribution < -0.4 is 16.8 Å². The van der Waals surface area contributed by atoms with E-state index in [2.05, 4.69) is 5.32 Å². The van der Waals surface area contributed by atoms with Gasteiger partial charge in [0.05, 0.1) is 5.69 Å². The van der Waals surface area contributed by atoms with Crippen molar-refractivity contribution in [3.8, 4) is 5.75 Å². The number of carbonyl (C=O) groups is 1. The number of allylic oxidation sites excluding steroid dienone is 3. The first-order valence-corrected chi connectivity index (χ1v) is 9.74. The Bertz CT molecular complexity index is 980. The minimum Gasteiger partial charge on any atom is -0.505 e. The second-order valence-corrected chi connectivity index (χ2v) is 6.42. The van der Waals surface area contributed by atoms with E-state index in [0.29, 0.717) is 12.1 Å². The van der Waals surface area contributed by atoms with E-state index in [-0.39, 0.29) is 5.75 Å². The number of aromatic hydroxyl groups is 1. The highest BCUT2D eigenvalue weighted by Gasteiger charge is 2.05. The first kappa shape index (κ1) is 24.3. The molecular weight excluding hydrogens is 374 g/mol. The van der Waals surface area contributed by atoms with E-state index in [1.165, 1.54) is 0 Å². The Labute approximate surface area is 178 Å². The number of phenols is 1. The van der Waals surface area contributed by atoms with Crippen LogP contribution in [0, 0.1) is 6.92 Å². The standard InChI is InChI=1S/C11H11NO.C8H13NO.C6H7N/c1-7-6-8-4-2-3-5-9(8)10(12)11(7)13;1-3-5-8(6-4-2)9-7-10;7-6-4-2-1-3-5-6/h2-6,13H,12H2,1H3;3,5-7H,4H2,1-2H3,(H,9,10);1-5H,7H2/b;5-3-,8-6+;. The highest BCUT2D eigenvalue weighted by Crippen LogP contribution is 2.32. The SMILES string of the molecule is C/C=C\C(=C/CC)NC=O.Cc1cc2ccccc2c(N)c1O.Nc1ccccc1. The molecule has 3 aromatic carbocycles. The minimum absolute atomic E-state index is 0.193. The Kier molecular flexibility index (Phi) is 10.9. The van der Waals surface area contributed by atoms with Gasteiger partial charge in [0, 0.05) is 16.8 Å². The maximum Gasteiger partial charge on any atom is 0.211 e. The fourth-order valence-corrected chi connectivity index (χ4v) is 2.61. The van der Waals surface area contributed by atoms with Gasteiger partial charge in [0.15, 0.2) is 0 Å². The third-order valence-corrected chi connectivity index (χ3v) is 4.05. The fourth-order valence-electron chi connectivity index (χ4n) is 2.61. The number of fused-ring (bicyclic) bond motifs is 1. The molecule has 5 nitrogen and oxygen atoms in total. The first-order chi connectivity index (χ1) is 14.4. The molecule has 0 aliphatic carbocycles. The number of amides is 1. The monoisotopic (exact) mass is 405 g/mol. The van der Waals surface area contributed by atoms with Crippen molar-refractivity contribution in [3.63, 3.8) is 0 Å². The molecule has 0 atom stereocenters. The summed E-state index contributed by atoms with van der Waals surface area (Å²) in [6, 6.07) is 19.2.